The van der Waals surface area contributed by atoms with E-state index < -0.39 is 0 Å². The molecule has 1 fully saturated rings. The van der Waals surface area contributed by atoms with E-state index in [0.29, 0.717) is 5.41 Å². The van der Waals surface area contributed by atoms with Crippen LogP contribution in [0.1, 0.15) is 63.5 Å². The van der Waals surface area contributed by atoms with Crippen LogP contribution in [-0.2, 0) is 5.41 Å². The lowest BCUT2D eigenvalue weighted by molar-refractivity contribution is 0.0357. The van der Waals surface area contributed by atoms with Gasteiger partial charge in [0.25, 0.3) is 0 Å². The lowest BCUT2D eigenvalue weighted by Crippen LogP contribution is -2.48. The molecular formula is C18H25N. The van der Waals surface area contributed by atoms with Gasteiger partial charge in [0.1, 0.15) is 0 Å². The molecule has 0 aromatic heterocycles. The van der Waals surface area contributed by atoms with E-state index in [1.807, 2.05) is 0 Å². The summed E-state index contributed by atoms with van der Waals surface area (Å²) >= 11 is 0. The first kappa shape index (κ1) is 14.1. The fourth-order valence-electron chi connectivity index (χ4n) is 4.06. The van der Waals surface area contributed by atoms with Crippen LogP contribution in [0.4, 0.5) is 0 Å². The van der Waals surface area contributed by atoms with E-state index >= 15 is 0 Å². The Labute approximate surface area is 117 Å². The van der Waals surface area contributed by atoms with E-state index in [-0.39, 0.29) is 5.41 Å². The van der Waals surface area contributed by atoms with Gasteiger partial charge in [-0.1, -0.05) is 56.5 Å². The van der Waals surface area contributed by atoms with Crippen molar-refractivity contribution in [1.29, 1.82) is 5.26 Å². The highest BCUT2D eigenvalue weighted by atomic mass is 14.6. The fourth-order valence-corrected chi connectivity index (χ4v) is 4.06. The Kier molecular flexibility index (Phi) is 3.99. The van der Waals surface area contributed by atoms with Crippen LogP contribution in [0.5, 0.6) is 0 Å². The molecule has 1 aliphatic carbocycles. The van der Waals surface area contributed by atoms with Crippen molar-refractivity contribution >= 4 is 0 Å². The summed E-state index contributed by atoms with van der Waals surface area (Å²) in [5.41, 5.74) is 2.72. The molecule has 102 valence electrons. The molecule has 1 aromatic rings. The second kappa shape index (κ2) is 5.37. The minimum Gasteiger partial charge on any atom is -0.197 e. The standard InChI is InChI=1S/C18H25N/c1-4-9-17(10-5-2)12-18(13-17,14-19)16-8-6-7-15(3)11-16/h6-8,11H,4-5,9-10,12-13H2,1-3H3. The van der Waals surface area contributed by atoms with E-state index in [1.54, 1.807) is 0 Å². The summed E-state index contributed by atoms with van der Waals surface area (Å²) in [6.45, 7) is 6.63. The van der Waals surface area contributed by atoms with Gasteiger partial charge in [-0.15, -0.1) is 0 Å². The maximum atomic E-state index is 9.70. The Morgan fingerprint density at radius 2 is 1.79 bits per heavy atom. The lowest BCUT2D eigenvalue weighted by Gasteiger charge is -2.53. The third kappa shape index (κ3) is 2.54. The maximum absolute atomic E-state index is 9.70. The Hall–Kier alpha value is -1.29. The van der Waals surface area contributed by atoms with Gasteiger partial charge >= 0.3 is 0 Å². The molecule has 2 rings (SSSR count). The van der Waals surface area contributed by atoms with Crippen LogP contribution in [0.25, 0.3) is 0 Å². The first-order valence-electron chi connectivity index (χ1n) is 7.58. The molecule has 0 unspecified atom stereocenters. The van der Waals surface area contributed by atoms with Gasteiger partial charge in [0.2, 0.25) is 0 Å². The van der Waals surface area contributed by atoms with Crippen molar-refractivity contribution < 1.29 is 0 Å². The van der Waals surface area contributed by atoms with Crippen molar-refractivity contribution in [1.82, 2.24) is 0 Å². The van der Waals surface area contributed by atoms with Crippen molar-refractivity contribution in [2.75, 3.05) is 0 Å². The Morgan fingerprint density at radius 3 is 2.26 bits per heavy atom. The molecular weight excluding hydrogens is 230 g/mol. The molecule has 0 saturated heterocycles. The van der Waals surface area contributed by atoms with Crippen molar-refractivity contribution in [3.05, 3.63) is 35.4 Å². The van der Waals surface area contributed by atoms with Crippen LogP contribution in [0.3, 0.4) is 0 Å². The van der Waals surface area contributed by atoms with Gasteiger partial charge in [-0.2, -0.15) is 5.26 Å². The van der Waals surface area contributed by atoms with Gasteiger partial charge < -0.3 is 0 Å². The van der Waals surface area contributed by atoms with E-state index in [1.165, 1.54) is 36.8 Å². The summed E-state index contributed by atoms with van der Waals surface area (Å²) in [5, 5.41) is 9.70. The molecule has 1 aliphatic rings. The largest absolute Gasteiger partial charge is 0.197 e. The average Bonchev–Trinajstić information content (AvgIpc) is 2.35. The third-order valence-corrected chi connectivity index (χ3v) is 4.70. The number of nitriles is 1. The zero-order chi connectivity index (χ0) is 13.9. The van der Waals surface area contributed by atoms with Gasteiger partial charge in [-0.05, 0) is 43.6 Å². The zero-order valence-corrected chi connectivity index (χ0v) is 12.5. The average molecular weight is 255 g/mol. The fraction of sp³-hybridized carbons (Fsp3) is 0.611. The van der Waals surface area contributed by atoms with E-state index in [2.05, 4.69) is 51.1 Å². The van der Waals surface area contributed by atoms with Crippen molar-refractivity contribution in [3.63, 3.8) is 0 Å². The summed E-state index contributed by atoms with van der Waals surface area (Å²) in [6, 6.07) is 11.2. The van der Waals surface area contributed by atoms with Gasteiger partial charge in [0.15, 0.2) is 0 Å². The lowest BCUT2D eigenvalue weighted by atomic mass is 9.48. The van der Waals surface area contributed by atoms with E-state index in [4.69, 9.17) is 0 Å². The van der Waals surface area contributed by atoms with Gasteiger partial charge in [-0.3, -0.25) is 0 Å². The topological polar surface area (TPSA) is 23.8 Å². The SMILES string of the molecule is CCCC1(CCC)CC(C#N)(c2cccc(C)c2)C1. The number of benzene rings is 1. The highest BCUT2D eigenvalue weighted by Crippen LogP contribution is 2.59. The van der Waals surface area contributed by atoms with Crippen LogP contribution in [0.2, 0.25) is 0 Å². The van der Waals surface area contributed by atoms with E-state index in [0.717, 1.165) is 12.8 Å². The Bertz CT molecular complexity index is 467. The molecule has 0 radical (unpaired) electrons. The van der Waals surface area contributed by atoms with Crippen LogP contribution in [0, 0.1) is 23.7 Å². The number of hydrogen-bond acceptors (Lipinski definition) is 1. The molecule has 1 saturated carbocycles. The summed E-state index contributed by atoms with van der Waals surface area (Å²) in [6.07, 6.45) is 7.13. The quantitative estimate of drug-likeness (QED) is 0.715. The van der Waals surface area contributed by atoms with Crippen molar-refractivity contribution in [2.45, 2.75) is 64.7 Å². The van der Waals surface area contributed by atoms with Gasteiger partial charge in [-0.25, -0.2) is 0 Å². The highest BCUT2D eigenvalue weighted by Gasteiger charge is 2.54. The summed E-state index contributed by atoms with van der Waals surface area (Å²) in [7, 11) is 0. The first-order valence-corrected chi connectivity index (χ1v) is 7.58. The maximum Gasteiger partial charge on any atom is 0.0833 e. The van der Waals surface area contributed by atoms with Crippen LogP contribution < -0.4 is 0 Å². The number of aryl methyl sites for hydroxylation is 1. The first-order chi connectivity index (χ1) is 9.10. The van der Waals surface area contributed by atoms with Crippen LogP contribution >= 0.6 is 0 Å². The van der Waals surface area contributed by atoms with Crippen LogP contribution in [-0.4, -0.2) is 0 Å². The molecule has 0 bridgehead atoms. The summed E-state index contributed by atoms with van der Waals surface area (Å²) < 4.78 is 0. The van der Waals surface area contributed by atoms with Gasteiger partial charge in [0, 0.05) is 0 Å². The molecule has 0 aliphatic heterocycles. The minimum atomic E-state index is -0.212. The Balaban J connectivity index is 2.23. The second-order valence-corrected chi connectivity index (χ2v) is 6.42. The third-order valence-electron chi connectivity index (χ3n) is 4.70. The smallest absolute Gasteiger partial charge is 0.0833 e. The molecule has 0 amide bonds. The van der Waals surface area contributed by atoms with Gasteiger partial charge in [0.05, 0.1) is 11.5 Å². The summed E-state index contributed by atoms with van der Waals surface area (Å²) in [5.74, 6) is 0. The molecule has 1 nitrogen and oxygen atoms in total. The molecule has 0 atom stereocenters. The van der Waals surface area contributed by atoms with Crippen molar-refractivity contribution in [3.8, 4) is 6.07 Å². The van der Waals surface area contributed by atoms with Crippen molar-refractivity contribution in [2.24, 2.45) is 5.41 Å². The number of rotatable bonds is 5. The summed E-state index contributed by atoms with van der Waals surface area (Å²) in [4.78, 5) is 0. The Morgan fingerprint density at radius 1 is 1.16 bits per heavy atom. The normalized spacial score (nSPS) is 19.5. The molecule has 0 heterocycles. The predicted octanol–water partition coefficient (Wildman–Crippen LogP) is 5.14. The minimum absolute atomic E-state index is 0.212. The number of nitrogens with zero attached hydrogens (tertiary/aromatic N) is 1. The highest BCUT2D eigenvalue weighted by molar-refractivity contribution is 5.39. The van der Waals surface area contributed by atoms with Crippen LogP contribution in [0.15, 0.2) is 24.3 Å². The molecule has 19 heavy (non-hydrogen) atoms. The van der Waals surface area contributed by atoms with E-state index in [9.17, 15) is 5.26 Å². The monoisotopic (exact) mass is 255 g/mol. The second-order valence-electron chi connectivity index (χ2n) is 6.42. The number of hydrogen-bond donors (Lipinski definition) is 0. The molecule has 1 heteroatoms. The molecule has 0 N–H and O–H groups in total. The zero-order valence-electron chi connectivity index (χ0n) is 12.5. The predicted molar refractivity (Wildman–Crippen MR) is 80.0 cm³/mol. The molecule has 1 aromatic carbocycles. The molecule has 0 spiro atoms.